The summed E-state index contributed by atoms with van der Waals surface area (Å²) >= 11 is 5.84. The van der Waals surface area contributed by atoms with Crippen LogP contribution in [-0.2, 0) is 10.0 Å². The minimum absolute atomic E-state index is 0.0883. The van der Waals surface area contributed by atoms with Crippen LogP contribution in [0.1, 0.15) is 35.2 Å². The van der Waals surface area contributed by atoms with Crippen LogP contribution in [0.5, 0.6) is 0 Å². The topological polar surface area (TPSA) is 67.3 Å². The third-order valence-electron chi connectivity index (χ3n) is 4.02. The summed E-state index contributed by atoms with van der Waals surface area (Å²) in [5.41, 5.74) is 0.466. The molecule has 0 bridgehead atoms. The first-order valence-corrected chi connectivity index (χ1v) is 9.57. The van der Waals surface area contributed by atoms with E-state index >= 15 is 0 Å². The average Bonchev–Trinajstić information content (AvgIpc) is 2.62. The van der Waals surface area contributed by atoms with Crippen LogP contribution in [0.4, 0.5) is 0 Å². The van der Waals surface area contributed by atoms with E-state index in [0.29, 0.717) is 23.7 Å². The first-order valence-electron chi connectivity index (χ1n) is 7.75. The molecule has 1 aromatic heterocycles. The van der Waals surface area contributed by atoms with Gasteiger partial charge in [0.2, 0.25) is 0 Å². The lowest BCUT2D eigenvalue weighted by Gasteiger charge is -2.26. The Morgan fingerprint density at radius 2 is 1.71 bits per heavy atom. The minimum Gasteiger partial charge on any atom is -0.289 e. The molecular weight excluding hydrogens is 348 g/mol. The van der Waals surface area contributed by atoms with E-state index < -0.39 is 10.0 Å². The van der Waals surface area contributed by atoms with Crippen molar-refractivity contribution in [3.63, 3.8) is 0 Å². The summed E-state index contributed by atoms with van der Waals surface area (Å²) in [4.78, 5) is 16.8. The van der Waals surface area contributed by atoms with Crippen molar-refractivity contribution in [2.75, 3.05) is 13.1 Å². The molecule has 2 aromatic rings. The lowest BCUT2D eigenvalue weighted by atomic mass is 10.1. The van der Waals surface area contributed by atoms with Crippen LogP contribution in [-0.4, -0.2) is 36.6 Å². The Morgan fingerprint density at radius 3 is 2.38 bits per heavy atom. The summed E-state index contributed by atoms with van der Waals surface area (Å²) in [5, 5.41) is 0.339. The van der Waals surface area contributed by atoms with Crippen LogP contribution in [0.2, 0.25) is 5.02 Å². The number of hydrogen-bond acceptors (Lipinski definition) is 4. The number of carbonyl (C=O) groups is 1. The highest BCUT2D eigenvalue weighted by Crippen LogP contribution is 2.24. The number of aromatic nitrogens is 1. The first-order chi connectivity index (χ1) is 11.5. The lowest BCUT2D eigenvalue weighted by molar-refractivity contribution is 0.103. The van der Waals surface area contributed by atoms with Crippen molar-refractivity contribution in [3.8, 4) is 0 Å². The summed E-state index contributed by atoms with van der Waals surface area (Å²) in [5.74, 6) is -0.379. The number of halogens is 1. The molecule has 0 aliphatic carbocycles. The summed E-state index contributed by atoms with van der Waals surface area (Å²) in [6.07, 6.45) is 4.07. The number of piperidine rings is 1. The average molecular weight is 365 g/mol. The second-order valence-corrected chi connectivity index (χ2v) is 7.95. The number of carbonyl (C=O) groups excluding carboxylic acids is 1. The Labute approximate surface area is 146 Å². The van der Waals surface area contributed by atoms with Crippen LogP contribution in [0, 0.1) is 0 Å². The van der Waals surface area contributed by atoms with Gasteiger partial charge >= 0.3 is 0 Å². The van der Waals surface area contributed by atoms with Crippen molar-refractivity contribution in [2.24, 2.45) is 0 Å². The normalized spacial score (nSPS) is 16.0. The molecule has 0 spiro atoms. The van der Waals surface area contributed by atoms with Gasteiger partial charge in [0.05, 0.1) is 5.56 Å². The van der Waals surface area contributed by atoms with E-state index in [1.165, 1.54) is 16.6 Å². The van der Waals surface area contributed by atoms with Crippen molar-refractivity contribution >= 4 is 27.4 Å². The molecule has 0 unspecified atom stereocenters. The van der Waals surface area contributed by atoms with E-state index in [9.17, 15) is 13.2 Å². The molecule has 0 radical (unpaired) electrons. The Hall–Kier alpha value is -1.76. The number of rotatable bonds is 4. The second-order valence-electron chi connectivity index (χ2n) is 5.66. The van der Waals surface area contributed by atoms with Crippen molar-refractivity contribution in [1.82, 2.24) is 9.29 Å². The largest absolute Gasteiger partial charge is 0.289 e. The van der Waals surface area contributed by atoms with Gasteiger partial charge in [-0.2, -0.15) is 4.31 Å². The lowest BCUT2D eigenvalue weighted by Crippen LogP contribution is -2.36. The number of benzene rings is 1. The Kier molecular flexibility index (Phi) is 4.99. The van der Waals surface area contributed by atoms with Crippen LogP contribution >= 0.6 is 11.6 Å². The highest BCUT2D eigenvalue weighted by atomic mass is 35.5. The molecular formula is C17H17ClN2O3S. The van der Waals surface area contributed by atoms with Crippen LogP contribution in [0.25, 0.3) is 0 Å². The molecule has 7 heteroatoms. The molecule has 3 rings (SSSR count). The van der Waals surface area contributed by atoms with Crippen molar-refractivity contribution in [2.45, 2.75) is 24.3 Å². The Morgan fingerprint density at radius 1 is 1.04 bits per heavy atom. The van der Waals surface area contributed by atoms with E-state index in [1.807, 2.05) is 0 Å². The van der Waals surface area contributed by atoms with Crippen LogP contribution in [0.3, 0.4) is 0 Å². The maximum absolute atomic E-state index is 12.9. The van der Waals surface area contributed by atoms with E-state index in [4.69, 9.17) is 11.6 Å². The molecule has 1 aliphatic heterocycles. The summed E-state index contributed by atoms with van der Waals surface area (Å²) < 4.78 is 27.2. The third-order valence-corrected chi connectivity index (χ3v) is 6.13. The van der Waals surface area contributed by atoms with Gasteiger partial charge in [0, 0.05) is 29.9 Å². The van der Waals surface area contributed by atoms with Gasteiger partial charge < -0.3 is 0 Å². The Bertz CT molecular complexity index is 844. The van der Waals surface area contributed by atoms with Gasteiger partial charge in [-0.05, 0) is 49.2 Å². The zero-order valence-electron chi connectivity index (χ0n) is 13.0. The maximum Gasteiger partial charge on any atom is 0.261 e. The molecule has 0 N–H and O–H groups in total. The van der Waals surface area contributed by atoms with E-state index in [-0.39, 0.29) is 16.4 Å². The summed E-state index contributed by atoms with van der Waals surface area (Å²) in [6, 6.07) is 9.43. The molecule has 24 heavy (non-hydrogen) atoms. The fraction of sp³-hybridized carbons (Fsp3) is 0.294. The van der Waals surface area contributed by atoms with Gasteiger partial charge in [-0.25, -0.2) is 13.4 Å². The minimum atomic E-state index is -3.78. The van der Waals surface area contributed by atoms with Gasteiger partial charge in [-0.3, -0.25) is 4.79 Å². The van der Waals surface area contributed by atoms with Gasteiger partial charge in [0.1, 0.15) is 0 Å². The predicted octanol–water partition coefficient (Wildman–Crippen LogP) is 3.14. The molecule has 0 amide bonds. The van der Waals surface area contributed by atoms with Crippen LogP contribution < -0.4 is 0 Å². The first kappa shape index (κ1) is 17.1. The van der Waals surface area contributed by atoms with Crippen LogP contribution in [0.15, 0.2) is 47.6 Å². The van der Waals surface area contributed by atoms with Gasteiger partial charge in [-0.1, -0.05) is 18.0 Å². The maximum atomic E-state index is 12.9. The molecule has 0 saturated carbocycles. The monoisotopic (exact) mass is 364 g/mol. The zero-order chi connectivity index (χ0) is 17.2. The SMILES string of the molecule is O=C(c1ccc(Cl)cc1)c1cccnc1S(=O)(=O)N1CCCCC1. The third kappa shape index (κ3) is 3.36. The van der Waals surface area contributed by atoms with E-state index in [2.05, 4.69) is 4.98 Å². The fourth-order valence-corrected chi connectivity index (χ4v) is 4.50. The molecule has 5 nitrogen and oxygen atoms in total. The Balaban J connectivity index is 2.01. The van der Waals surface area contributed by atoms with E-state index in [1.54, 1.807) is 30.3 Å². The summed E-state index contributed by atoms with van der Waals surface area (Å²) in [6.45, 7) is 0.932. The van der Waals surface area contributed by atoms with Gasteiger partial charge in [0.15, 0.2) is 10.8 Å². The highest BCUT2D eigenvalue weighted by molar-refractivity contribution is 7.89. The molecule has 1 fully saturated rings. The molecule has 2 heterocycles. The number of ketones is 1. The molecule has 1 aliphatic rings. The smallest absolute Gasteiger partial charge is 0.261 e. The summed E-state index contributed by atoms with van der Waals surface area (Å²) in [7, 11) is -3.78. The van der Waals surface area contributed by atoms with Gasteiger partial charge in [0.25, 0.3) is 10.0 Å². The number of nitrogens with zero attached hydrogens (tertiary/aromatic N) is 2. The van der Waals surface area contributed by atoms with Crippen molar-refractivity contribution < 1.29 is 13.2 Å². The number of sulfonamides is 1. The second kappa shape index (κ2) is 7.01. The molecule has 1 saturated heterocycles. The van der Waals surface area contributed by atoms with Crippen molar-refractivity contribution in [3.05, 3.63) is 58.7 Å². The molecule has 0 atom stereocenters. The molecule has 1 aromatic carbocycles. The number of pyridine rings is 1. The predicted molar refractivity (Wildman–Crippen MR) is 91.7 cm³/mol. The fourth-order valence-electron chi connectivity index (χ4n) is 2.75. The highest BCUT2D eigenvalue weighted by Gasteiger charge is 2.31. The van der Waals surface area contributed by atoms with Gasteiger partial charge in [-0.15, -0.1) is 0 Å². The van der Waals surface area contributed by atoms with E-state index in [0.717, 1.165) is 19.3 Å². The number of hydrogen-bond donors (Lipinski definition) is 0. The van der Waals surface area contributed by atoms with Crippen molar-refractivity contribution in [1.29, 1.82) is 0 Å². The quantitative estimate of drug-likeness (QED) is 0.781. The zero-order valence-corrected chi connectivity index (χ0v) is 14.6. The molecule has 126 valence electrons. The standard InChI is InChI=1S/C17H17ClN2O3S/c18-14-8-6-13(7-9-14)16(21)15-5-4-10-19-17(15)24(22,23)20-11-2-1-3-12-20/h4-10H,1-3,11-12H2.